The standard InChI is InChI=1S/C34H72NO4P/c1-4-7-10-13-16-17-18-19-20-21-22-23-24-25-26-29-32-35-39-40(36,37-33-30-27-14-11-8-5-2)38-34-31-28-15-12-9-6-3/h35H,4-34H2,1-3H3. The van der Waals surface area contributed by atoms with Crippen molar-refractivity contribution in [2.24, 2.45) is 0 Å². The molecule has 0 aliphatic carbocycles. The molecule has 0 rings (SSSR count). The Hall–Kier alpha value is 0.0700. The van der Waals surface area contributed by atoms with Gasteiger partial charge in [-0.15, -0.1) is 0 Å². The predicted molar refractivity (Wildman–Crippen MR) is 175 cm³/mol. The molecule has 0 aromatic carbocycles. The molecule has 0 aliphatic rings. The third kappa shape index (κ3) is 31.0. The second-order valence-electron chi connectivity index (χ2n) is 11.9. The van der Waals surface area contributed by atoms with Crippen LogP contribution in [0.15, 0.2) is 0 Å². The molecule has 242 valence electrons. The zero-order valence-electron chi connectivity index (χ0n) is 27.5. The average molecular weight is 590 g/mol. The monoisotopic (exact) mass is 590 g/mol. The fraction of sp³-hybridized carbons (Fsp3) is 1.00. The first-order valence-electron chi connectivity index (χ1n) is 18.0. The SMILES string of the molecule is CCCCCCCCCCCCCCCCCCNOP(=O)(OCCCCCCCC)OCCCCCCCC. The van der Waals surface area contributed by atoms with Crippen molar-refractivity contribution in [1.82, 2.24) is 5.48 Å². The van der Waals surface area contributed by atoms with Gasteiger partial charge in [-0.25, -0.2) is 4.57 Å². The largest absolute Gasteiger partial charge is 0.491 e. The van der Waals surface area contributed by atoms with Crippen LogP contribution in [0, 0.1) is 0 Å². The van der Waals surface area contributed by atoms with Gasteiger partial charge in [-0.05, 0) is 19.3 Å². The molecule has 1 N–H and O–H groups in total. The lowest BCUT2D eigenvalue weighted by atomic mass is 10.0. The summed E-state index contributed by atoms with van der Waals surface area (Å²) >= 11 is 0. The second kappa shape index (κ2) is 33.6. The van der Waals surface area contributed by atoms with Crippen molar-refractivity contribution in [3.8, 4) is 0 Å². The van der Waals surface area contributed by atoms with Gasteiger partial charge in [-0.2, -0.15) is 10.1 Å². The minimum absolute atomic E-state index is 0.431. The number of hydrogen-bond donors (Lipinski definition) is 1. The number of phosphoric acid groups is 1. The Morgan fingerprint density at radius 3 is 1.00 bits per heavy atom. The molecule has 0 saturated heterocycles. The van der Waals surface area contributed by atoms with Crippen LogP contribution in [0.4, 0.5) is 0 Å². The van der Waals surface area contributed by atoms with E-state index in [9.17, 15) is 4.57 Å². The molecule has 0 bridgehead atoms. The van der Waals surface area contributed by atoms with Crippen molar-refractivity contribution in [2.75, 3.05) is 19.8 Å². The molecule has 0 fully saturated rings. The van der Waals surface area contributed by atoms with Crippen molar-refractivity contribution < 1.29 is 18.2 Å². The number of rotatable bonds is 35. The Bertz CT molecular complexity index is 498. The summed E-state index contributed by atoms with van der Waals surface area (Å²) in [6, 6.07) is 0. The fourth-order valence-corrected chi connectivity index (χ4v) is 6.21. The molecule has 40 heavy (non-hydrogen) atoms. The lowest BCUT2D eigenvalue weighted by Gasteiger charge is -2.18. The summed E-state index contributed by atoms with van der Waals surface area (Å²) in [5.74, 6) is 0. The highest BCUT2D eigenvalue weighted by Gasteiger charge is 2.26. The molecule has 0 radical (unpaired) electrons. The summed E-state index contributed by atoms with van der Waals surface area (Å²) < 4.78 is 30.0. The van der Waals surface area contributed by atoms with Crippen LogP contribution in [0.3, 0.4) is 0 Å². The van der Waals surface area contributed by atoms with E-state index in [0.717, 1.165) is 32.1 Å². The lowest BCUT2D eigenvalue weighted by molar-refractivity contribution is 0.0688. The maximum atomic E-state index is 13.1. The molecule has 0 aromatic rings. The smallest absolute Gasteiger partial charge is 0.286 e. The van der Waals surface area contributed by atoms with Crippen molar-refractivity contribution in [1.29, 1.82) is 0 Å². The zero-order valence-corrected chi connectivity index (χ0v) is 28.4. The summed E-state index contributed by atoms with van der Waals surface area (Å²) in [4.78, 5) is 0. The topological polar surface area (TPSA) is 56.8 Å². The highest BCUT2D eigenvalue weighted by atomic mass is 31.2. The third-order valence-electron chi connectivity index (χ3n) is 7.80. The third-order valence-corrected chi connectivity index (χ3v) is 9.15. The van der Waals surface area contributed by atoms with Gasteiger partial charge in [0.1, 0.15) is 0 Å². The van der Waals surface area contributed by atoms with E-state index >= 15 is 0 Å². The Morgan fingerprint density at radius 2 is 0.675 bits per heavy atom. The number of nitrogens with one attached hydrogen (secondary N) is 1. The van der Waals surface area contributed by atoms with E-state index in [0.29, 0.717) is 19.8 Å². The highest BCUT2D eigenvalue weighted by molar-refractivity contribution is 7.48. The van der Waals surface area contributed by atoms with Crippen molar-refractivity contribution in [2.45, 2.75) is 201 Å². The maximum Gasteiger partial charge on any atom is 0.491 e. The average Bonchev–Trinajstić information content (AvgIpc) is 2.95. The number of unbranched alkanes of at least 4 members (excludes halogenated alkanes) is 25. The van der Waals surface area contributed by atoms with Crippen molar-refractivity contribution in [3.63, 3.8) is 0 Å². The van der Waals surface area contributed by atoms with Gasteiger partial charge in [-0.3, -0.25) is 9.05 Å². The molecule has 0 amide bonds. The number of hydroxylamine groups is 1. The van der Waals surface area contributed by atoms with E-state index in [1.165, 1.54) is 148 Å². The first kappa shape index (κ1) is 40.1. The van der Waals surface area contributed by atoms with Crippen molar-refractivity contribution >= 4 is 7.82 Å². The van der Waals surface area contributed by atoms with E-state index < -0.39 is 7.82 Å². The fourth-order valence-electron chi connectivity index (χ4n) is 5.08. The van der Waals surface area contributed by atoms with Gasteiger partial charge in [0.25, 0.3) is 0 Å². The predicted octanol–water partition coefficient (Wildman–Crippen LogP) is 12.6. The first-order chi connectivity index (χ1) is 19.7. The van der Waals surface area contributed by atoms with Crippen LogP contribution in [0.2, 0.25) is 0 Å². The van der Waals surface area contributed by atoms with Gasteiger partial charge in [-0.1, -0.05) is 181 Å². The van der Waals surface area contributed by atoms with Crippen LogP contribution in [-0.2, 0) is 18.2 Å². The van der Waals surface area contributed by atoms with Crippen LogP contribution >= 0.6 is 7.82 Å². The molecular weight excluding hydrogens is 517 g/mol. The van der Waals surface area contributed by atoms with Crippen LogP contribution in [0.1, 0.15) is 201 Å². The summed E-state index contributed by atoms with van der Waals surface area (Å²) in [6.07, 6.45) is 35.7. The van der Waals surface area contributed by atoms with E-state index in [-0.39, 0.29) is 0 Å². The van der Waals surface area contributed by atoms with E-state index in [1.807, 2.05) is 0 Å². The molecule has 5 nitrogen and oxygen atoms in total. The number of phosphoric ester groups is 1. The Kier molecular flexibility index (Phi) is 33.6. The minimum Gasteiger partial charge on any atom is -0.286 e. The van der Waals surface area contributed by atoms with E-state index in [1.54, 1.807) is 0 Å². The summed E-state index contributed by atoms with van der Waals surface area (Å²) in [5, 5.41) is 0. The molecule has 0 spiro atoms. The van der Waals surface area contributed by atoms with Crippen LogP contribution < -0.4 is 5.48 Å². The van der Waals surface area contributed by atoms with Gasteiger partial charge in [0.15, 0.2) is 0 Å². The summed E-state index contributed by atoms with van der Waals surface area (Å²) in [7, 11) is -3.54. The van der Waals surface area contributed by atoms with Crippen molar-refractivity contribution in [3.05, 3.63) is 0 Å². The molecular formula is C34H72NO4P. The second-order valence-corrected chi connectivity index (χ2v) is 13.5. The summed E-state index contributed by atoms with van der Waals surface area (Å²) in [6.45, 7) is 8.29. The van der Waals surface area contributed by atoms with Gasteiger partial charge in [0, 0.05) is 6.54 Å². The summed E-state index contributed by atoms with van der Waals surface area (Å²) in [5.41, 5.74) is 2.90. The van der Waals surface area contributed by atoms with Crippen LogP contribution in [-0.4, -0.2) is 19.8 Å². The first-order valence-corrected chi connectivity index (χ1v) is 19.4. The molecule has 0 saturated carbocycles. The normalized spacial score (nSPS) is 12.0. The Balaban J connectivity index is 3.81. The lowest BCUT2D eigenvalue weighted by Crippen LogP contribution is -2.17. The van der Waals surface area contributed by atoms with Crippen LogP contribution in [0.25, 0.3) is 0 Å². The molecule has 0 heterocycles. The maximum absolute atomic E-state index is 13.1. The Labute approximate surface area is 251 Å². The van der Waals surface area contributed by atoms with Gasteiger partial charge >= 0.3 is 7.82 Å². The molecule has 0 aliphatic heterocycles. The molecule has 6 heteroatoms. The van der Waals surface area contributed by atoms with E-state index in [2.05, 4.69) is 26.3 Å². The number of hydrogen-bond acceptors (Lipinski definition) is 5. The highest BCUT2D eigenvalue weighted by Crippen LogP contribution is 2.48. The van der Waals surface area contributed by atoms with Gasteiger partial charge in [0.05, 0.1) is 13.2 Å². The molecule has 0 atom stereocenters. The Morgan fingerprint density at radius 1 is 0.400 bits per heavy atom. The van der Waals surface area contributed by atoms with E-state index in [4.69, 9.17) is 13.7 Å². The van der Waals surface area contributed by atoms with Crippen LogP contribution in [0.5, 0.6) is 0 Å². The van der Waals surface area contributed by atoms with Gasteiger partial charge in [0.2, 0.25) is 0 Å². The molecule has 0 unspecified atom stereocenters. The minimum atomic E-state index is -3.54. The molecule has 0 aromatic heterocycles. The van der Waals surface area contributed by atoms with Gasteiger partial charge < -0.3 is 0 Å². The quantitative estimate of drug-likeness (QED) is 0.0452. The zero-order chi connectivity index (χ0) is 29.2.